The highest BCUT2D eigenvalue weighted by Gasteiger charge is 2.36. The van der Waals surface area contributed by atoms with E-state index in [0.717, 1.165) is 38.3 Å². The molecular formula is C31H38N4OS. The van der Waals surface area contributed by atoms with Crippen LogP contribution in [0.5, 0.6) is 0 Å². The number of fused-ring (bicyclic) bond motifs is 1. The predicted molar refractivity (Wildman–Crippen MR) is 158 cm³/mol. The number of piperazine rings is 1. The third-order valence-corrected chi connectivity index (χ3v) is 8.22. The lowest BCUT2D eigenvalue weighted by molar-refractivity contribution is 0.0984. The SMILES string of the molecule is CSNC(=O)c1ccc2c(c1)CC(C)(C)C(c1cccc(N3CCN(c4ccc(C)cc4C)CC3)c1)N2. The van der Waals surface area contributed by atoms with Gasteiger partial charge in [0, 0.05) is 55.1 Å². The lowest BCUT2D eigenvalue weighted by Crippen LogP contribution is -2.46. The fourth-order valence-corrected chi connectivity index (χ4v) is 6.22. The Morgan fingerprint density at radius 1 is 0.973 bits per heavy atom. The molecule has 2 aliphatic heterocycles. The van der Waals surface area contributed by atoms with Gasteiger partial charge >= 0.3 is 0 Å². The Kier molecular flexibility index (Phi) is 7.13. The molecule has 194 valence electrons. The molecule has 2 heterocycles. The predicted octanol–water partition coefficient (Wildman–Crippen LogP) is 6.37. The average molecular weight is 515 g/mol. The quantitative estimate of drug-likeness (QED) is 0.387. The molecule has 2 aliphatic rings. The van der Waals surface area contributed by atoms with Gasteiger partial charge in [-0.15, -0.1) is 0 Å². The summed E-state index contributed by atoms with van der Waals surface area (Å²) < 4.78 is 2.83. The van der Waals surface area contributed by atoms with Gasteiger partial charge < -0.3 is 15.1 Å². The molecule has 6 heteroatoms. The van der Waals surface area contributed by atoms with Crippen LogP contribution in [0.2, 0.25) is 0 Å². The van der Waals surface area contributed by atoms with Crippen molar-refractivity contribution in [3.05, 3.63) is 88.5 Å². The Morgan fingerprint density at radius 2 is 1.73 bits per heavy atom. The van der Waals surface area contributed by atoms with Crippen LogP contribution in [0, 0.1) is 19.3 Å². The summed E-state index contributed by atoms with van der Waals surface area (Å²) in [6.45, 7) is 13.1. The number of benzene rings is 3. The Labute approximate surface area is 225 Å². The standard InChI is InChI=1S/C31H38N4OS/c1-21-9-12-28(22(2)17-21)35-15-13-34(14-16-35)26-8-6-7-23(19-26)29-31(3,4)20-25-18-24(30(36)33-37-5)10-11-27(25)32-29/h6-12,17-19,29,32H,13-16,20H2,1-5H3,(H,33,36). The zero-order valence-corrected chi connectivity index (χ0v) is 23.4. The first-order valence-corrected chi connectivity index (χ1v) is 14.4. The maximum atomic E-state index is 12.3. The minimum Gasteiger partial charge on any atom is -0.377 e. The fraction of sp³-hybridized carbons (Fsp3) is 0.387. The summed E-state index contributed by atoms with van der Waals surface area (Å²) in [5.74, 6) is -0.0411. The number of hydrogen-bond acceptors (Lipinski definition) is 5. The first-order chi connectivity index (χ1) is 17.7. The first kappa shape index (κ1) is 25.5. The van der Waals surface area contributed by atoms with E-state index in [2.05, 4.69) is 96.1 Å². The van der Waals surface area contributed by atoms with Crippen molar-refractivity contribution in [2.75, 3.05) is 47.6 Å². The van der Waals surface area contributed by atoms with Gasteiger partial charge in [0.2, 0.25) is 0 Å². The van der Waals surface area contributed by atoms with Crippen molar-refractivity contribution in [3.8, 4) is 0 Å². The summed E-state index contributed by atoms with van der Waals surface area (Å²) in [6.07, 6.45) is 2.78. The minimum absolute atomic E-state index is 0.00188. The summed E-state index contributed by atoms with van der Waals surface area (Å²) in [4.78, 5) is 17.4. The average Bonchev–Trinajstić information content (AvgIpc) is 2.88. The molecule has 1 atom stereocenters. The van der Waals surface area contributed by atoms with Crippen molar-refractivity contribution in [1.29, 1.82) is 0 Å². The number of anilines is 3. The number of nitrogens with one attached hydrogen (secondary N) is 2. The molecular weight excluding hydrogens is 476 g/mol. The molecule has 0 aliphatic carbocycles. The van der Waals surface area contributed by atoms with Gasteiger partial charge in [-0.05, 0) is 78.8 Å². The monoisotopic (exact) mass is 514 g/mol. The zero-order valence-electron chi connectivity index (χ0n) is 22.6. The zero-order chi connectivity index (χ0) is 26.2. The maximum Gasteiger partial charge on any atom is 0.261 e. The molecule has 1 fully saturated rings. The molecule has 0 radical (unpaired) electrons. The molecule has 3 aromatic carbocycles. The number of hydrogen-bond donors (Lipinski definition) is 2. The van der Waals surface area contributed by atoms with E-state index in [-0.39, 0.29) is 17.4 Å². The summed E-state index contributed by atoms with van der Waals surface area (Å²) >= 11 is 1.33. The van der Waals surface area contributed by atoms with Crippen LogP contribution in [-0.4, -0.2) is 38.3 Å². The number of carbonyl (C=O) groups is 1. The number of rotatable bonds is 5. The van der Waals surface area contributed by atoms with Crippen molar-refractivity contribution in [1.82, 2.24) is 4.72 Å². The molecule has 1 amide bonds. The van der Waals surface area contributed by atoms with Crippen molar-refractivity contribution < 1.29 is 4.79 Å². The van der Waals surface area contributed by atoms with Crippen molar-refractivity contribution >= 4 is 34.9 Å². The third kappa shape index (κ3) is 5.30. The van der Waals surface area contributed by atoms with Crippen molar-refractivity contribution in [2.24, 2.45) is 5.41 Å². The van der Waals surface area contributed by atoms with Crippen LogP contribution in [0.3, 0.4) is 0 Å². The topological polar surface area (TPSA) is 47.6 Å². The molecule has 0 bridgehead atoms. The summed E-state index contributed by atoms with van der Waals surface area (Å²) in [6, 6.07) is 22.0. The van der Waals surface area contributed by atoms with E-state index in [4.69, 9.17) is 0 Å². The van der Waals surface area contributed by atoms with Crippen LogP contribution in [0.1, 0.15) is 52.5 Å². The second-order valence-corrected chi connectivity index (χ2v) is 11.7. The second-order valence-electron chi connectivity index (χ2n) is 11.1. The van der Waals surface area contributed by atoms with E-state index in [0.29, 0.717) is 5.56 Å². The first-order valence-electron chi connectivity index (χ1n) is 13.1. The molecule has 2 N–H and O–H groups in total. The van der Waals surface area contributed by atoms with E-state index in [1.54, 1.807) is 0 Å². The molecule has 5 rings (SSSR count). The van der Waals surface area contributed by atoms with Gasteiger partial charge in [-0.25, -0.2) is 0 Å². The van der Waals surface area contributed by atoms with E-state index in [1.807, 2.05) is 18.4 Å². The van der Waals surface area contributed by atoms with E-state index < -0.39 is 0 Å². The molecule has 1 unspecified atom stereocenters. The van der Waals surface area contributed by atoms with Crippen LogP contribution < -0.4 is 19.8 Å². The van der Waals surface area contributed by atoms with Gasteiger partial charge in [0.05, 0.1) is 6.04 Å². The Morgan fingerprint density at radius 3 is 2.46 bits per heavy atom. The molecule has 1 saturated heterocycles. The van der Waals surface area contributed by atoms with Crippen molar-refractivity contribution in [3.63, 3.8) is 0 Å². The molecule has 0 spiro atoms. The molecule has 0 aromatic heterocycles. The Hall–Kier alpha value is -3.12. The van der Waals surface area contributed by atoms with Crippen LogP contribution in [0.25, 0.3) is 0 Å². The molecule has 5 nitrogen and oxygen atoms in total. The van der Waals surface area contributed by atoms with Crippen molar-refractivity contribution in [2.45, 2.75) is 40.2 Å². The largest absolute Gasteiger partial charge is 0.377 e. The summed E-state index contributed by atoms with van der Waals surface area (Å²) in [7, 11) is 0. The van der Waals surface area contributed by atoms with Crippen LogP contribution in [0.4, 0.5) is 17.1 Å². The second kappa shape index (κ2) is 10.3. The van der Waals surface area contributed by atoms with Gasteiger partial charge in [0.15, 0.2) is 0 Å². The highest BCUT2D eigenvalue weighted by atomic mass is 32.2. The van der Waals surface area contributed by atoms with E-state index in [1.165, 1.54) is 45.6 Å². The lowest BCUT2D eigenvalue weighted by atomic mass is 9.72. The number of amides is 1. The number of nitrogens with zero attached hydrogens (tertiary/aromatic N) is 2. The summed E-state index contributed by atoms with van der Waals surface area (Å²) in [5, 5.41) is 3.81. The highest BCUT2D eigenvalue weighted by Crippen LogP contribution is 2.45. The summed E-state index contributed by atoms with van der Waals surface area (Å²) in [5.41, 5.74) is 9.69. The van der Waals surface area contributed by atoms with Gasteiger partial charge in [0.25, 0.3) is 5.91 Å². The highest BCUT2D eigenvalue weighted by molar-refractivity contribution is 7.97. The number of aryl methyl sites for hydroxylation is 2. The normalized spacial score (nSPS) is 18.7. The van der Waals surface area contributed by atoms with Gasteiger partial charge in [-0.1, -0.05) is 55.6 Å². The minimum atomic E-state index is -0.0411. The van der Waals surface area contributed by atoms with Gasteiger partial charge in [-0.2, -0.15) is 0 Å². The molecule has 37 heavy (non-hydrogen) atoms. The Bertz CT molecular complexity index is 1300. The lowest BCUT2D eigenvalue weighted by Gasteiger charge is -2.42. The van der Waals surface area contributed by atoms with Crippen LogP contribution in [-0.2, 0) is 6.42 Å². The smallest absolute Gasteiger partial charge is 0.261 e. The molecule has 0 saturated carbocycles. The van der Waals surface area contributed by atoms with Crippen LogP contribution in [0.15, 0.2) is 60.7 Å². The maximum absolute atomic E-state index is 12.3. The van der Waals surface area contributed by atoms with E-state index >= 15 is 0 Å². The van der Waals surface area contributed by atoms with Gasteiger partial charge in [0.1, 0.15) is 0 Å². The fourth-order valence-electron chi connectivity index (χ4n) is 5.92. The molecule has 3 aromatic rings. The van der Waals surface area contributed by atoms with Gasteiger partial charge in [-0.3, -0.25) is 9.52 Å². The number of carbonyl (C=O) groups excluding carboxylic acids is 1. The van der Waals surface area contributed by atoms with E-state index in [9.17, 15) is 4.79 Å². The Balaban J connectivity index is 1.32. The van der Waals surface area contributed by atoms with Crippen LogP contribution >= 0.6 is 11.9 Å². The third-order valence-electron chi connectivity index (χ3n) is 7.83.